The molecule has 0 amide bonds. The van der Waals surface area contributed by atoms with E-state index in [1.807, 2.05) is 19.9 Å². The third kappa shape index (κ3) is 7.45. The predicted octanol–water partition coefficient (Wildman–Crippen LogP) is 2.51. The van der Waals surface area contributed by atoms with Crippen LogP contribution >= 0.6 is 0 Å². The summed E-state index contributed by atoms with van der Waals surface area (Å²) in [6.45, 7) is 4.42. The fraction of sp³-hybridized carbons (Fsp3) is 0.778. The van der Waals surface area contributed by atoms with Gasteiger partial charge in [0.25, 0.3) is 0 Å². The minimum absolute atomic E-state index is 0.0234. The first kappa shape index (κ1) is 20.6. The monoisotopic (exact) mass is 342 g/mol. The quantitative estimate of drug-likeness (QED) is 0.567. The lowest BCUT2D eigenvalue weighted by molar-refractivity contribution is -0.148. The molecule has 0 radical (unpaired) electrons. The largest absolute Gasteiger partial charge is 0.463 e. The van der Waals surface area contributed by atoms with Crippen LogP contribution in [-0.2, 0) is 28.5 Å². The standard InChI is InChI=1S/C18H30O6/c1-13-7-5-9-17(19)24-12-16(22-4)14(2)8-6-10-18(20)23-11-15(13)21-3/h5,7,13-16H,6,8-12H2,1-4H3/t13-,14+,15-,16+/m1/s1. The number of cyclic esters (lactones) is 2. The van der Waals surface area contributed by atoms with Gasteiger partial charge in [-0.2, -0.15) is 0 Å². The molecule has 0 aromatic heterocycles. The van der Waals surface area contributed by atoms with Gasteiger partial charge in [-0.25, -0.2) is 0 Å². The highest BCUT2D eigenvalue weighted by Crippen LogP contribution is 2.17. The Balaban J connectivity index is 2.73. The van der Waals surface area contributed by atoms with Crippen molar-refractivity contribution in [1.82, 2.24) is 0 Å². The molecule has 0 N–H and O–H groups in total. The Labute approximate surface area is 144 Å². The van der Waals surface area contributed by atoms with Crippen LogP contribution in [-0.4, -0.2) is 51.6 Å². The number of hydrogen-bond acceptors (Lipinski definition) is 6. The normalized spacial score (nSPS) is 31.3. The van der Waals surface area contributed by atoms with Gasteiger partial charge in [0, 0.05) is 26.6 Å². The Morgan fingerprint density at radius 1 is 1.00 bits per heavy atom. The lowest BCUT2D eigenvalue weighted by atomic mass is 9.98. The third-order valence-corrected chi connectivity index (χ3v) is 4.41. The zero-order valence-corrected chi connectivity index (χ0v) is 15.2. The van der Waals surface area contributed by atoms with E-state index in [4.69, 9.17) is 18.9 Å². The molecule has 0 bridgehead atoms. The van der Waals surface area contributed by atoms with E-state index < -0.39 is 0 Å². The maximum absolute atomic E-state index is 11.8. The van der Waals surface area contributed by atoms with Crippen LogP contribution in [0.4, 0.5) is 0 Å². The second-order valence-electron chi connectivity index (χ2n) is 6.28. The topological polar surface area (TPSA) is 71.1 Å². The van der Waals surface area contributed by atoms with E-state index >= 15 is 0 Å². The van der Waals surface area contributed by atoms with E-state index in [0.29, 0.717) is 12.8 Å². The Morgan fingerprint density at radius 3 is 2.29 bits per heavy atom. The van der Waals surface area contributed by atoms with Crippen LogP contribution in [0.1, 0.15) is 39.5 Å². The number of carbonyl (C=O) groups excluding carboxylic acids is 2. The SMILES string of the molecule is CO[C@H]1COC(=O)CC=C[C@@H](C)[C@H](OC)COC(=O)CCC[C@@H]1C. The molecule has 0 aliphatic carbocycles. The van der Waals surface area contributed by atoms with Gasteiger partial charge in [-0.3, -0.25) is 9.59 Å². The molecule has 0 saturated carbocycles. The summed E-state index contributed by atoms with van der Waals surface area (Å²) in [4.78, 5) is 23.7. The summed E-state index contributed by atoms with van der Waals surface area (Å²) in [5, 5.41) is 0. The van der Waals surface area contributed by atoms with Crippen LogP contribution < -0.4 is 0 Å². The van der Waals surface area contributed by atoms with Crippen LogP contribution in [0.2, 0.25) is 0 Å². The van der Waals surface area contributed by atoms with Gasteiger partial charge in [0.15, 0.2) is 0 Å². The van der Waals surface area contributed by atoms with Crippen LogP contribution in [0.3, 0.4) is 0 Å². The van der Waals surface area contributed by atoms with Crippen LogP contribution in [0.25, 0.3) is 0 Å². The molecule has 0 unspecified atom stereocenters. The summed E-state index contributed by atoms with van der Waals surface area (Å²) in [6.07, 6.45) is 5.32. The molecule has 6 heteroatoms. The molecule has 0 fully saturated rings. The first-order valence-electron chi connectivity index (χ1n) is 8.51. The van der Waals surface area contributed by atoms with Crippen molar-refractivity contribution in [3.05, 3.63) is 12.2 Å². The molecule has 0 spiro atoms. The van der Waals surface area contributed by atoms with E-state index in [9.17, 15) is 9.59 Å². The Hall–Kier alpha value is -1.40. The number of rotatable bonds is 2. The molecule has 1 rings (SSSR count). The van der Waals surface area contributed by atoms with Gasteiger partial charge < -0.3 is 18.9 Å². The number of esters is 2. The molecule has 1 aliphatic heterocycles. The van der Waals surface area contributed by atoms with Gasteiger partial charge in [0.05, 0.1) is 18.6 Å². The maximum Gasteiger partial charge on any atom is 0.309 e. The molecule has 138 valence electrons. The van der Waals surface area contributed by atoms with Gasteiger partial charge in [0.2, 0.25) is 0 Å². The summed E-state index contributed by atoms with van der Waals surface area (Å²) in [5.41, 5.74) is 0. The van der Waals surface area contributed by atoms with E-state index in [1.165, 1.54) is 0 Å². The summed E-state index contributed by atoms with van der Waals surface area (Å²) in [6, 6.07) is 0. The van der Waals surface area contributed by atoms with Crippen molar-refractivity contribution in [3.63, 3.8) is 0 Å². The lowest BCUT2D eigenvalue weighted by Gasteiger charge is -2.23. The van der Waals surface area contributed by atoms with Gasteiger partial charge in [-0.1, -0.05) is 26.0 Å². The summed E-state index contributed by atoms with van der Waals surface area (Å²) in [5.74, 6) is -0.283. The highest BCUT2D eigenvalue weighted by atomic mass is 16.6. The van der Waals surface area contributed by atoms with Crippen molar-refractivity contribution >= 4 is 11.9 Å². The molecule has 0 aromatic rings. The number of hydrogen-bond donors (Lipinski definition) is 0. The van der Waals surface area contributed by atoms with Crippen molar-refractivity contribution in [2.75, 3.05) is 27.4 Å². The second kappa shape index (κ2) is 11.2. The Morgan fingerprint density at radius 2 is 1.62 bits per heavy atom. The van der Waals surface area contributed by atoms with Gasteiger partial charge in [-0.05, 0) is 18.8 Å². The smallest absolute Gasteiger partial charge is 0.309 e. The molecule has 6 nitrogen and oxygen atoms in total. The van der Waals surface area contributed by atoms with Crippen LogP contribution in [0, 0.1) is 11.8 Å². The van der Waals surface area contributed by atoms with E-state index in [1.54, 1.807) is 20.3 Å². The fourth-order valence-corrected chi connectivity index (χ4v) is 2.64. The van der Waals surface area contributed by atoms with Gasteiger partial charge in [0.1, 0.15) is 13.2 Å². The summed E-state index contributed by atoms with van der Waals surface area (Å²) < 4.78 is 21.4. The van der Waals surface area contributed by atoms with E-state index in [0.717, 1.165) is 6.42 Å². The van der Waals surface area contributed by atoms with Crippen molar-refractivity contribution < 1.29 is 28.5 Å². The van der Waals surface area contributed by atoms with Gasteiger partial charge in [-0.15, -0.1) is 0 Å². The highest BCUT2D eigenvalue weighted by Gasteiger charge is 2.21. The first-order chi connectivity index (χ1) is 11.5. The molecule has 4 atom stereocenters. The fourth-order valence-electron chi connectivity index (χ4n) is 2.64. The summed E-state index contributed by atoms with van der Waals surface area (Å²) >= 11 is 0. The Kier molecular flexibility index (Phi) is 9.64. The molecule has 0 saturated heterocycles. The molecular formula is C18H30O6. The van der Waals surface area contributed by atoms with Crippen molar-refractivity contribution in [2.45, 2.75) is 51.7 Å². The molecule has 24 heavy (non-hydrogen) atoms. The highest BCUT2D eigenvalue weighted by molar-refractivity contribution is 5.71. The molecule has 0 aromatic carbocycles. The number of methoxy groups -OCH3 is 2. The van der Waals surface area contributed by atoms with Crippen LogP contribution in [0.15, 0.2) is 12.2 Å². The predicted molar refractivity (Wildman–Crippen MR) is 89.4 cm³/mol. The van der Waals surface area contributed by atoms with E-state index in [-0.39, 0.29) is 55.6 Å². The zero-order valence-electron chi connectivity index (χ0n) is 15.2. The number of ether oxygens (including phenoxy) is 4. The van der Waals surface area contributed by atoms with Crippen LogP contribution in [0.5, 0.6) is 0 Å². The molecular weight excluding hydrogens is 312 g/mol. The zero-order chi connectivity index (χ0) is 17.9. The minimum atomic E-state index is -0.278. The Bertz CT molecular complexity index is 420. The van der Waals surface area contributed by atoms with Crippen molar-refractivity contribution in [2.24, 2.45) is 11.8 Å². The first-order valence-corrected chi connectivity index (χ1v) is 8.51. The van der Waals surface area contributed by atoms with Gasteiger partial charge >= 0.3 is 11.9 Å². The second-order valence-corrected chi connectivity index (χ2v) is 6.28. The minimum Gasteiger partial charge on any atom is -0.463 e. The molecule has 1 heterocycles. The number of carbonyl (C=O) groups is 2. The average Bonchev–Trinajstić information content (AvgIpc) is 2.55. The van der Waals surface area contributed by atoms with Crippen molar-refractivity contribution in [1.29, 1.82) is 0 Å². The third-order valence-electron chi connectivity index (χ3n) is 4.41. The van der Waals surface area contributed by atoms with E-state index in [2.05, 4.69) is 0 Å². The van der Waals surface area contributed by atoms with Crippen molar-refractivity contribution in [3.8, 4) is 0 Å². The lowest BCUT2D eigenvalue weighted by Crippen LogP contribution is -2.28. The average molecular weight is 342 g/mol. The molecule has 1 aliphatic rings. The summed E-state index contributed by atoms with van der Waals surface area (Å²) in [7, 11) is 3.19. The maximum atomic E-state index is 11.8.